The van der Waals surface area contributed by atoms with Gasteiger partial charge in [-0.05, 0) is 50.3 Å². The minimum Gasteiger partial charge on any atom is -0.444 e. The number of ether oxygens (including phenoxy) is 1. The average Bonchev–Trinajstić information content (AvgIpc) is 3.08. The van der Waals surface area contributed by atoms with Crippen molar-refractivity contribution < 1.29 is 9.53 Å². The van der Waals surface area contributed by atoms with E-state index in [0.29, 0.717) is 18.9 Å². The minimum absolute atomic E-state index is 0.241. The van der Waals surface area contributed by atoms with Crippen molar-refractivity contribution in [1.29, 1.82) is 0 Å². The molecule has 1 aliphatic rings. The molecule has 2 aromatic rings. The van der Waals surface area contributed by atoms with Gasteiger partial charge in [0.05, 0.1) is 0 Å². The molecule has 1 aliphatic heterocycles. The van der Waals surface area contributed by atoms with E-state index < -0.39 is 5.60 Å². The number of amides is 1. The van der Waals surface area contributed by atoms with Gasteiger partial charge < -0.3 is 14.5 Å². The molecule has 1 saturated heterocycles. The third kappa shape index (κ3) is 3.81. The van der Waals surface area contributed by atoms with Crippen LogP contribution in [-0.2, 0) is 4.74 Å². The number of aromatic nitrogens is 4. The molecule has 1 amide bonds. The highest BCUT2D eigenvalue weighted by Gasteiger charge is 2.25. The van der Waals surface area contributed by atoms with E-state index in [9.17, 15) is 4.79 Å². The van der Waals surface area contributed by atoms with Gasteiger partial charge in [-0.15, -0.1) is 10.2 Å². The van der Waals surface area contributed by atoms with Gasteiger partial charge in [0.15, 0.2) is 0 Å². The number of carbonyl (C=O) groups excluding carboxylic acids is 1. The Kier molecular flexibility index (Phi) is 4.37. The van der Waals surface area contributed by atoms with Gasteiger partial charge in [0.2, 0.25) is 5.82 Å². The highest BCUT2D eigenvalue weighted by molar-refractivity contribution is 5.69. The van der Waals surface area contributed by atoms with E-state index in [2.05, 4.69) is 25.5 Å². The second-order valence-corrected chi connectivity index (χ2v) is 6.74. The van der Waals surface area contributed by atoms with E-state index in [-0.39, 0.29) is 6.09 Å². The maximum Gasteiger partial charge on any atom is 0.410 e. The number of anilines is 1. The Balaban J connectivity index is 1.58. The van der Waals surface area contributed by atoms with Gasteiger partial charge in [-0.1, -0.05) is 0 Å². The second kappa shape index (κ2) is 6.46. The highest BCUT2D eigenvalue weighted by atomic mass is 16.6. The Morgan fingerprint density at radius 2 is 1.79 bits per heavy atom. The van der Waals surface area contributed by atoms with Crippen molar-refractivity contribution in [3.63, 3.8) is 0 Å². The fourth-order valence-electron chi connectivity index (χ4n) is 2.58. The summed E-state index contributed by atoms with van der Waals surface area (Å²) in [6.45, 7) is 8.51. The molecule has 1 N–H and O–H groups in total. The summed E-state index contributed by atoms with van der Waals surface area (Å²) in [7, 11) is 0. The molecule has 0 saturated carbocycles. The smallest absolute Gasteiger partial charge is 0.410 e. The number of nitrogens with one attached hydrogen (secondary N) is 1. The summed E-state index contributed by atoms with van der Waals surface area (Å²) in [4.78, 5) is 16.1. The summed E-state index contributed by atoms with van der Waals surface area (Å²) < 4.78 is 5.42. The summed E-state index contributed by atoms with van der Waals surface area (Å²) in [5.41, 5.74) is 1.57. The van der Waals surface area contributed by atoms with Gasteiger partial charge >= 0.3 is 6.09 Å². The van der Waals surface area contributed by atoms with Gasteiger partial charge in [0.1, 0.15) is 5.60 Å². The zero-order chi connectivity index (χ0) is 17.2. The Morgan fingerprint density at radius 3 is 2.33 bits per heavy atom. The average molecular weight is 330 g/mol. The zero-order valence-electron chi connectivity index (χ0n) is 14.2. The zero-order valence-corrected chi connectivity index (χ0v) is 14.2. The topological polar surface area (TPSA) is 87.2 Å². The number of H-pyrrole nitrogens is 1. The van der Waals surface area contributed by atoms with Gasteiger partial charge in [0.25, 0.3) is 0 Å². The predicted octanol–water partition coefficient (Wildman–Crippen LogP) is 1.92. The highest BCUT2D eigenvalue weighted by Crippen LogP contribution is 2.21. The summed E-state index contributed by atoms with van der Waals surface area (Å²) in [6.07, 6.45) is -0.241. The first kappa shape index (κ1) is 16.2. The third-order valence-corrected chi connectivity index (χ3v) is 3.77. The molecule has 0 unspecified atom stereocenters. The van der Waals surface area contributed by atoms with E-state index in [0.717, 1.165) is 24.3 Å². The number of piperazine rings is 1. The van der Waals surface area contributed by atoms with Crippen LogP contribution in [0.5, 0.6) is 0 Å². The number of carbonyl (C=O) groups is 1. The molecule has 0 spiro atoms. The van der Waals surface area contributed by atoms with Crippen molar-refractivity contribution in [3.05, 3.63) is 24.3 Å². The maximum atomic E-state index is 12.1. The fourth-order valence-corrected chi connectivity index (χ4v) is 2.58. The fraction of sp³-hybridized carbons (Fsp3) is 0.500. The Labute approximate surface area is 140 Å². The lowest BCUT2D eigenvalue weighted by Crippen LogP contribution is -2.50. The van der Waals surface area contributed by atoms with Gasteiger partial charge in [-0.3, -0.25) is 0 Å². The molecule has 24 heavy (non-hydrogen) atoms. The summed E-state index contributed by atoms with van der Waals surface area (Å²) in [6, 6.07) is 8.02. The monoisotopic (exact) mass is 330 g/mol. The summed E-state index contributed by atoms with van der Waals surface area (Å²) in [5, 5.41) is 13.9. The van der Waals surface area contributed by atoms with Crippen LogP contribution < -0.4 is 4.90 Å². The van der Waals surface area contributed by atoms with Crippen molar-refractivity contribution in [2.75, 3.05) is 31.1 Å². The number of hydrogen-bond acceptors (Lipinski definition) is 6. The molecule has 0 radical (unpaired) electrons. The summed E-state index contributed by atoms with van der Waals surface area (Å²) >= 11 is 0. The number of aromatic amines is 1. The molecule has 3 rings (SSSR count). The van der Waals surface area contributed by atoms with Crippen LogP contribution in [0.1, 0.15) is 20.8 Å². The normalized spacial score (nSPS) is 15.5. The SMILES string of the molecule is CC(C)(C)OC(=O)N1CCN(c2ccc(-c3nn[nH]n3)cc2)CC1. The molecule has 1 aromatic heterocycles. The number of rotatable bonds is 2. The lowest BCUT2D eigenvalue weighted by molar-refractivity contribution is 0.0240. The van der Waals surface area contributed by atoms with E-state index in [1.165, 1.54) is 0 Å². The number of benzene rings is 1. The van der Waals surface area contributed by atoms with Crippen LogP contribution in [0, 0.1) is 0 Å². The molecule has 8 heteroatoms. The molecule has 0 atom stereocenters. The van der Waals surface area contributed by atoms with Gasteiger partial charge in [-0.2, -0.15) is 5.21 Å². The summed E-state index contributed by atoms with van der Waals surface area (Å²) in [5.74, 6) is 0.580. The van der Waals surface area contributed by atoms with Crippen molar-refractivity contribution in [1.82, 2.24) is 25.5 Å². The maximum absolute atomic E-state index is 12.1. The van der Waals surface area contributed by atoms with E-state index in [4.69, 9.17) is 4.74 Å². The number of nitrogens with zero attached hydrogens (tertiary/aromatic N) is 5. The second-order valence-electron chi connectivity index (χ2n) is 6.74. The molecular weight excluding hydrogens is 308 g/mol. The molecule has 128 valence electrons. The van der Waals surface area contributed by atoms with Crippen LogP contribution in [-0.4, -0.2) is 63.4 Å². The Bertz CT molecular complexity index is 670. The van der Waals surface area contributed by atoms with Gasteiger partial charge in [-0.25, -0.2) is 4.79 Å². The van der Waals surface area contributed by atoms with Crippen LogP contribution in [0.2, 0.25) is 0 Å². The van der Waals surface area contributed by atoms with Gasteiger partial charge in [0, 0.05) is 37.4 Å². The largest absolute Gasteiger partial charge is 0.444 e. The minimum atomic E-state index is -0.459. The molecule has 0 bridgehead atoms. The Hall–Kier alpha value is -2.64. The van der Waals surface area contributed by atoms with Crippen LogP contribution in [0.25, 0.3) is 11.4 Å². The first-order valence-electron chi connectivity index (χ1n) is 7.99. The first-order chi connectivity index (χ1) is 11.4. The van der Waals surface area contributed by atoms with Crippen LogP contribution in [0.15, 0.2) is 24.3 Å². The first-order valence-corrected chi connectivity index (χ1v) is 7.99. The molecule has 0 aliphatic carbocycles. The van der Waals surface area contributed by atoms with Crippen molar-refractivity contribution in [2.45, 2.75) is 26.4 Å². The van der Waals surface area contributed by atoms with Crippen molar-refractivity contribution in [3.8, 4) is 11.4 Å². The predicted molar refractivity (Wildman–Crippen MR) is 89.6 cm³/mol. The molecule has 1 fully saturated rings. The molecular formula is C16H22N6O2. The lowest BCUT2D eigenvalue weighted by atomic mass is 10.1. The number of hydrogen-bond donors (Lipinski definition) is 1. The van der Waals surface area contributed by atoms with E-state index >= 15 is 0 Å². The van der Waals surface area contributed by atoms with E-state index in [1.54, 1.807) is 4.90 Å². The molecule has 8 nitrogen and oxygen atoms in total. The Morgan fingerprint density at radius 1 is 1.12 bits per heavy atom. The van der Waals surface area contributed by atoms with Crippen molar-refractivity contribution in [2.24, 2.45) is 0 Å². The molecule has 1 aromatic carbocycles. The van der Waals surface area contributed by atoms with Crippen LogP contribution in [0.4, 0.5) is 10.5 Å². The quantitative estimate of drug-likeness (QED) is 0.905. The van der Waals surface area contributed by atoms with Crippen LogP contribution >= 0.6 is 0 Å². The lowest BCUT2D eigenvalue weighted by Gasteiger charge is -2.36. The third-order valence-electron chi connectivity index (χ3n) is 3.77. The van der Waals surface area contributed by atoms with Crippen molar-refractivity contribution >= 4 is 11.8 Å². The standard InChI is InChI=1S/C16H22N6O2/c1-16(2,3)24-15(23)22-10-8-21(9-11-22)13-6-4-12(5-7-13)14-17-19-20-18-14/h4-7H,8-11H2,1-3H3,(H,17,18,19,20). The number of tetrazole rings is 1. The van der Waals surface area contributed by atoms with E-state index in [1.807, 2.05) is 45.0 Å². The van der Waals surface area contributed by atoms with Crippen LogP contribution in [0.3, 0.4) is 0 Å². The molecule has 2 heterocycles.